The molecule has 0 saturated carbocycles. The molecule has 1 atom stereocenters. The van der Waals surface area contributed by atoms with Gasteiger partial charge in [-0.05, 0) is 35.2 Å². The zero-order valence-corrected chi connectivity index (χ0v) is 8.18. The summed E-state index contributed by atoms with van der Waals surface area (Å²) in [4.78, 5) is 11.0. The van der Waals surface area contributed by atoms with Gasteiger partial charge in [0.05, 0.1) is 12.0 Å². The summed E-state index contributed by atoms with van der Waals surface area (Å²) in [5.74, 6) is 0. The Morgan fingerprint density at radius 2 is 2.62 bits per heavy atom. The van der Waals surface area contributed by atoms with E-state index in [0.29, 0.717) is 6.61 Å². The third kappa shape index (κ3) is 1.81. The van der Waals surface area contributed by atoms with Gasteiger partial charge in [0, 0.05) is 6.61 Å². The summed E-state index contributed by atoms with van der Waals surface area (Å²) < 4.78 is 5.27. The van der Waals surface area contributed by atoms with E-state index in [2.05, 4.69) is 11.4 Å². The van der Waals surface area contributed by atoms with Gasteiger partial charge in [-0.1, -0.05) is 0 Å². The van der Waals surface area contributed by atoms with Crippen molar-refractivity contribution in [2.24, 2.45) is 5.41 Å². The lowest BCUT2D eigenvalue weighted by atomic mass is 9.83. The number of hydrogen-bond acceptors (Lipinski definition) is 3. The van der Waals surface area contributed by atoms with Crippen LogP contribution in [0, 0.1) is 5.41 Å². The highest BCUT2D eigenvalue weighted by Crippen LogP contribution is 2.30. The van der Waals surface area contributed by atoms with E-state index in [0.717, 1.165) is 25.7 Å². The lowest BCUT2D eigenvalue weighted by Gasteiger charge is -2.18. The van der Waals surface area contributed by atoms with E-state index in [1.54, 1.807) is 11.3 Å². The average molecular weight is 196 g/mol. The molecule has 0 bridgehead atoms. The van der Waals surface area contributed by atoms with Crippen LogP contribution in [-0.4, -0.2) is 19.5 Å². The molecule has 0 amide bonds. The molecular weight excluding hydrogens is 184 g/mol. The second-order valence-corrected chi connectivity index (χ2v) is 4.37. The highest BCUT2D eigenvalue weighted by molar-refractivity contribution is 7.07. The van der Waals surface area contributed by atoms with Crippen LogP contribution in [0.2, 0.25) is 0 Å². The summed E-state index contributed by atoms with van der Waals surface area (Å²) in [7, 11) is 0. The normalized spacial score (nSPS) is 27.7. The van der Waals surface area contributed by atoms with E-state index in [4.69, 9.17) is 4.74 Å². The molecule has 0 aliphatic carbocycles. The van der Waals surface area contributed by atoms with Crippen LogP contribution in [0.1, 0.15) is 12.0 Å². The number of hydrogen-bond donors (Lipinski definition) is 0. The number of rotatable bonds is 3. The fourth-order valence-corrected chi connectivity index (χ4v) is 2.37. The topological polar surface area (TPSA) is 26.3 Å². The van der Waals surface area contributed by atoms with E-state index >= 15 is 0 Å². The Morgan fingerprint density at radius 1 is 1.69 bits per heavy atom. The van der Waals surface area contributed by atoms with Crippen LogP contribution in [0.15, 0.2) is 16.8 Å². The lowest BCUT2D eigenvalue weighted by molar-refractivity contribution is -0.116. The number of carbonyl (C=O) groups excluding carboxylic acids is 1. The second-order valence-electron chi connectivity index (χ2n) is 3.59. The Labute approximate surface area is 81.5 Å². The van der Waals surface area contributed by atoms with Gasteiger partial charge in [0.15, 0.2) is 0 Å². The smallest absolute Gasteiger partial charge is 0.128 e. The number of ether oxygens (including phenoxy) is 1. The van der Waals surface area contributed by atoms with E-state index in [1.807, 2.05) is 5.38 Å². The lowest BCUT2D eigenvalue weighted by Crippen LogP contribution is -2.25. The van der Waals surface area contributed by atoms with Crippen LogP contribution in [0.3, 0.4) is 0 Å². The molecule has 0 aromatic carbocycles. The van der Waals surface area contributed by atoms with Gasteiger partial charge >= 0.3 is 0 Å². The Hall–Kier alpha value is -0.670. The molecule has 1 aromatic heterocycles. The molecule has 0 spiro atoms. The fraction of sp³-hybridized carbons (Fsp3) is 0.500. The first kappa shape index (κ1) is 8.91. The minimum atomic E-state index is -0.235. The number of aldehydes is 1. The Kier molecular flexibility index (Phi) is 2.47. The van der Waals surface area contributed by atoms with Crippen molar-refractivity contribution in [1.29, 1.82) is 0 Å². The molecule has 0 N–H and O–H groups in total. The average Bonchev–Trinajstić information content (AvgIpc) is 2.77. The number of thiophene rings is 1. The first-order valence-corrected chi connectivity index (χ1v) is 5.34. The molecular formula is C10H12O2S. The zero-order chi connectivity index (χ0) is 9.15. The predicted molar refractivity (Wildman–Crippen MR) is 52.0 cm³/mol. The highest BCUT2D eigenvalue weighted by Gasteiger charge is 2.34. The van der Waals surface area contributed by atoms with E-state index in [9.17, 15) is 4.79 Å². The summed E-state index contributed by atoms with van der Waals surface area (Å²) in [6.45, 7) is 1.31. The minimum Gasteiger partial charge on any atom is -0.380 e. The SMILES string of the molecule is O=CC1(Cc2ccsc2)CCOC1. The molecule has 1 fully saturated rings. The molecule has 2 nitrogen and oxygen atoms in total. The molecule has 70 valence electrons. The van der Waals surface area contributed by atoms with E-state index in [1.165, 1.54) is 5.56 Å². The van der Waals surface area contributed by atoms with Gasteiger partial charge in [-0.2, -0.15) is 11.3 Å². The van der Waals surface area contributed by atoms with Crippen molar-refractivity contribution < 1.29 is 9.53 Å². The second kappa shape index (κ2) is 3.60. The van der Waals surface area contributed by atoms with Gasteiger partial charge in [0.2, 0.25) is 0 Å². The molecule has 1 aliphatic heterocycles. The largest absolute Gasteiger partial charge is 0.380 e. The quantitative estimate of drug-likeness (QED) is 0.690. The van der Waals surface area contributed by atoms with Crippen molar-refractivity contribution in [2.45, 2.75) is 12.8 Å². The fourth-order valence-electron chi connectivity index (χ4n) is 1.70. The molecule has 13 heavy (non-hydrogen) atoms. The summed E-state index contributed by atoms with van der Waals surface area (Å²) >= 11 is 1.68. The molecule has 1 unspecified atom stereocenters. The maximum Gasteiger partial charge on any atom is 0.128 e. The van der Waals surface area contributed by atoms with Gasteiger partial charge in [0.25, 0.3) is 0 Å². The third-order valence-electron chi connectivity index (χ3n) is 2.52. The van der Waals surface area contributed by atoms with Gasteiger partial charge in [-0.15, -0.1) is 0 Å². The Bertz CT molecular complexity index is 273. The minimum absolute atomic E-state index is 0.235. The van der Waals surface area contributed by atoms with Gasteiger partial charge in [0.1, 0.15) is 6.29 Å². The maximum atomic E-state index is 11.0. The monoisotopic (exact) mass is 196 g/mol. The molecule has 1 saturated heterocycles. The standard InChI is InChI=1S/C10H12O2S/c11-7-10(2-3-12-8-10)5-9-1-4-13-6-9/h1,4,6-7H,2-3,5,8H2. The summed E-state index contributed by atoms with van der Waals surface area (Å²) in [5.41, 5.74) is 1.02. The highest BCUT2D eigenvalue weighted by atomic mass is 32.1. The van der Waals surface area contributed by atoms with E-state index < -0.39 is 0 Å². The summed E-state index contributed by atoms with van der Waals surface area (Å²) in [6, 6.07) is 2.08. The van der Waals surface area contributed by atoms with Crippen LogP contribution in [0.5, 0.6) is 0 Å². The first-order chi connectivity index (χ1) is 6.35. The van der Waals surface area contributed by atoms with Crippen molar-refractivity contribution in [3.05, 3.63) is 22.4 Å². The zero-order valence-electron chi connectivity index (χ0n) is 7.36. The van der Waals surface area contributed by atoms with Crippen molar-refractivity contribution in [1.82, 2.24) is 0 Å². The molecule has 0 radical (unpaired) electrons. The first-order valence-electron chi connectivity index (χ1n) is 4.40. The summed E-state index contributed by atoms with van der Waals surface area (Å²) in [6.07, 6.45) is 2.77. The van der Waals surface area contributed by atoms with E-state index in [-0.39, 0.29) is 5.41 Å². The molecule has 2 heterocycles. The van der Waals surface area contributed by atoms with Crippen molar-refractivity contribution >= 4 is 17.6 Å². The van der Waals surface area contributed by atoms with Crippen molar-refractivity contribution in [2.75, 3.05) is 13.2 Å². The summed E-state index contributed by atoms with van der Waals surface area (Å²) in [5, 5.41) is 4.15. The van der Waals surface area contributed by atoms with Gasteiger partial charge in [-0.25, -0.2) is 0 Å². The van der Waals surface area contributed by atoms with Crippen LogP contribution in [0.4, 0.5) is 0 Å². The van der Waals surface area contributed by atoms with Crippen LogP contribution < -0.4 is 0 Å². The maximum absolute atomic E-state index is 11.0. The third-order valence-corrected chi connectivity index (χ3v) is 3.25. The molecule has 1 aromatic rings. The van der Waals surface area contributed by atoms with Crippen LogP contribution in [0.25, 0.3) is 0 Å². The van der Waals surface area contributed by atoms with Gasteiger partial charge < -0.3 is 9.53 Å². The predicted octanol–water partition coefficient (Wildman–Crippen LogP) is 1.90. The van der Waals surface area contributed by atoms with Crippen LogP contribution >= 0.6 is 11.3 Å². The molecule has 1 aliphatic rings. The molecule has 3 heteroatoms. The van der Waals surface area contributed by atoms with Crippen molar-refractivity contribution in [3.8, 4) is 0 Å². The number of carbonyl (C=O) groups is 1. The Morgan fingerprint density at radius 3 is 3.15 bits per heavy atom. The van der Waals surface area contributed by atoms with Gasteiger partial charge in [-0.3, -0.25) is 0 Å². The van der Waals surface area contributed by atoms with Crippen LogP contribution in [-0.2, 0) is 16.0 Å². The molecule has 2 rings (SSSR count). The van der Waals surface area contributed by atoms with Crippen molar-refractivity contribution in [3.63, 3.8) is 0 Å². The Balaban J connectivity index is 2.10.